The fourth-order valence-electron chi connectivity index (χ4n) is 2.44. The van der Waals surface area contributed by atoms with Crippen LogP contribution in [0.5, 0.6) is 0 Å². The number of nitrogens with one attached hydrogen (secondary N) is 2. The van der Waals surface area contributed by atoms with Gasteiger partial charge in [0.1, 0.15) is 0 Å². The van der Waals surface area contributed by atoms with Crippen LogP contribution in [0, 0.1) is 0 Å². The minimum absolute atomic E-state index is 0.754. The summed E-state index contributed by atoms with van der Waals surface area (Å²) in [6.45, 7) is 4.48. The van der Waals surface area contributed by atoms with Crippen molar-refractivity contribution in [2.45, 2.75) is 77.2 Å². The minimum Gasteiger partial charge on any atom is -0.303 e. The number of hydrogen-bond acceptors (Lipinski definition) is 2. The van der Waals surface area contributed by atoms with Crippen molar-refractivity contribution in [2.24, 2.45) is 0 Å². The standard InChI is InChI=1S/C14H30N2/c1-2-3-4-5-6-7-8-9-10-11-14-12-15-13-16-14/h14-16H,2-13H2,1H3. The molecule has 2 N–H and O–H groups in total. The lowest BCUT2D eigenvalue weighted by Gasteiger charge is -2.08. The molecule has 0 bridgehead atoms. The fraction of sp³-hybridized carbons (Fsp3) is 1.00. The summed E-state index contributed by atoms with van der Waals surface area (Å²) in [5, 5.41) is 6.81. The number of hydrogen-bond donors (Lipinski definition) is 2. The lowest BCUT2D eigenvalue weighted by molar-refractivity contribution is 0.511. The maximum Gasteiger partial charge on any atom is 0.0457 e. The Morgan fingerprint density at radius 1 is 0.875 bits per heavy atom. The van der Waals surface area contributed by atoms with Crippen LogP contribution in [0.3, 0.4) is 0 Å². The first-order valence-corrected chi connectivity index (χ1v) is 7.37. The largest absolute Gasteiger partial charge is 0.303 e. The highest BCUT2D eigenvalue weighted by molar-refractivity contribution is 4.74. The molecule has 1 rings (SSSR count). The molecule has 96 valence electrons. The van der Waals surface area contributed by atoms with E-state index in [-0.39, 0.29) is 0 Å². The molecule has 0 radical (unpaired) electrons. The van der Waals surface area contributed by atoms with E-state index in [0.717, 1.165) is 12.7 Å². The second-order valence-electron chi connectivity index (χ2n) is 5.15. The Hall–Kier alpha value is -0.0800. The minimum atomic E-state index is 0.754. The van der Waals surface area contributed by atoms with Crippen LogP contribution >= 0.6 is 0 Å². The number of unbranched alkanes of at least 4 members (excludes halogenated alkanes) is 8. The summed E-state index contributed by atoms with van der Waals surface area (Å²) in [4.78, 5) is 0. The van der Waals surface area contributed by atoms with Crippen LogP contribution in [0.25, 0.3) is 0 Å². The Bertz CT molecular complexity index is 142. The molecule has 2 nitrogen and oxygen atoms in total. The topological polar surface area (TPSA) is 24.1 Å². The van der Waals surface area contributed by atoms with Gasteiger partial charge in [-0.1, -0.05) is 64.7 Å². The van der Waals surface area contributed by atoms with E-state index in [4.69, 9.17) is 0 Å². The van der Waals surface area contributed by atoms with E-state index in [1.807, 2.05) is 0 Å². The van der Waals surface area contributed by atoms with E-state index in [1.54, 1.807) is 0 Å². The molecule has 0 aromatic carbocycles. The molecule has 2 heteroatoms. The lowest BCUT2D eigenvalue weighted by Crippen LogP contribution is -2.23. The Labute approximate surface area is 102 Å². The van der Waals surface area contributed by atoms with Gasteiger partial charge in [-0.3, -0.25) is 0 Å². The van der Waals surface area contributed by atoms with Crippen molar-refractivity contribution in [3.05, 3.63) is 0 Å². The highest BCUT2D eigenvalue weighted by Crippen LogP contribution is 2.11. The molecule has 16 heavy (non-hydrogen) atoms. The van der Waals surface area contributed by atoms with Gasteiger partial charge in [-0.15, -0.1) is 0 Å². The zero-order chi connectivity index (χ0) is 11.5. The Morgan fingerprint density at radius 2 is 1.50 bits per heavy atom. The smallest absolute Gasteiger partial charge is 0.0457 e. The second kappa shape index (κ2) is 10.1. The van der Waals surface area contributed by atoms with Crippen LogP contribution in [0.15, 0.2) is 0 Å². The normalized spacial score (nSPS) is 20.4. The molecule has 1 atom stereocenters. The summed E-state index contributed by atoms with van der Waals surface area (Å²) >= 11 is 0. The third kappa shape index (κ3) is 7.24. The zero-order valence-electron chi connectivity index (χ0n) is 11.1. The molecule has 1 heterocycles. The van der Waals surface area contributed by atoms with Crippen LogP contribution in [0.2, 0.25) is 0 Å². The first-order chi connectivity index (χ1) is 7.93. The van der Waals surface area contributed by atoms with Gasteiger partial charge in [-0.05, 0) is 6.42 Å². The van der Waals surface area contributed by atoms with Gasteiger partial charge in [0.25, 0.3) is 0 Å². The van der Waals surface area contributed by atoms with Crippen molar-refractivity contribution in [1.29, 1.82) is 0 Å². The molecule has 0 saturated carbocycles. The van der Waals surface area contributed by atoms with Crippen LogP contribution in [0.1, 0.15) is 71.1 Å². The summed E-state index contributed by atoms with van der Waals surface area (Å²) in [5.74, 6) is 0. The first-order valence-electron chi connectivity index (χ1n) is 7.37. The fourth-order valence-corrected chi connectivity index (χ4v) is 2.44. The van der Waals surface area contributed by atoms with E-state index >= 15 is 0 Å². The summed E-state index contributed by atoms with van der Waals surface area (Å²) in [6.07, 6.45) is 14.3. The summed E-state index contributed by atoms with van der Waals surface area (Å²) in [6, 6.07) is 0.754. The predicted octanol–water partition coefficient (Wildman–Crippen LogP) is 3.43. The molecule has 0 aromatic heterocycles. The molecule has 1 fully saturated rings. The van der Waals surface area contributed by atoms with Gasteiger partial charge in [0.2, 0.25) is 0 Å². The Morgan fingerprint density at radius 3 is 2.06 bits per heavy atom. The monoisotopic (exact) mass is 226 g/mol. The summed E-state index contributed by atoms with van der Waals surface area (Å²) in [5.41, 5.74) is 0. The van der Waals surface area contributed by atoms with Crippen molar-refractivity contribution in [3.63, 3.8) is 0 Å². The van der Waals surface area contributed by atoms with Crippen LogP contribution in [-0.4, -0.2) is 19.3 Å². The molecule has 0 amide bonds. The van der Waals surface area contributed by atoms with Crippen molar-refractivity contribution in [2.75, 3.05) is 13.2 Å². The third-order valence-corrected chi connectivity index (χ3v) is 3.56. The lowest BCUT2D eigenvalue weighted by atomic mass is 10.0. The van der Waals surface area contributed by atoms with Gasteiger partial charge in [-0.25, -0.2) is 0 Å². The van der Waals surface area contributed by atoms with E-state index in [0.29, 0.717) is 0 Å². The molecule has 1 unspecified atom stereocenters. The summed E-state index contributed by atoms with van der Waals surface area (Å²) in [7, 11) is 0. The van der Waals surface area contributed by atoms with Gasteiger partial charge in [0.05, 0.1) is 0 Å². The second-order valence-corrected chi connectivity index (χ2v) is 5.15. The van der Waals surface area contributed by atoms with Crippen molar-refractivity contribution in [1.82, 2.24) is 10.6 Å². The van der Waals surface area contributed by atoms with E-state index < -0.39 is 0 Å². The highest BCUT2D eigenvalue weighted by atomic mass is 15.2. The SMILES string of the molecule is CCCCCCCCCCCC1CNCN1. The van der Waals surface area contributed by atoms with Crippen LogP contribution in [-0.2, 0) is 0 Å². The van der Waals surface area contributed by atoms with Gasteiger partial charge in [-0.2, -0.15) is 0 Å². The average molecular weight is 226 g/mol. The van der Waals surface area contributed by atoms with E-state index in [9.17, 15) is 0 Å². The quantitative estimate of drug-likeness (QED) is 0.558. The van der Waals surface area contributed by atoms with Gasteiger partial charge >= 0.3 is 0 Å². The van der Waals surface area contributed by atoms with Crippen molar-refractivity contribution < 1.29 is 0 Å². The van der Waals surface area contributed by atoms with E-state index in [2.05, 4.69) is 17.6 Å². The number of rotatable bonds is 10. The Kier molecular flexibility index (Phi) is 8.83. The average Bonchev–Trinajstić information content (AvgIpc) is 2.80. The molecule has 0 spiro atoms. The van der Waals surface area contributed by atoms with Crippen molar-refractivity contribution >= 4 is 0 Å². The molecule has 1 aliphatic heterocycles. The van der Waals surface area contributed by atoms with E-state index in [1.165, 1.54) is 70.8 Å². The van der Waals surface area contributed by atoms with Gasteiger partial charge in [0.15, 0.2) is 0 Å². The molecular formula is C14H30N2. The van der Waals surface area contributed by atoms with Gasteiger partial charge in [0, 0.05) is 19.3 Å². The van der Waals surface area contributed by atoms with Crippen LogP contribution < -0.4 is 10.6 Å². The molecule has 1 aliphatic rings. The molecular weight excluding hydrogens is 196 g/mol. The third-order valence-electron chi connectivity index (χ3n) is 3.56. The van der Waals surface area contributed by atoms with Crippen LogP contribution in [0.4, 0.5) is 0 Å². The van der Waals surface area contributed by atoms with Crippen molar-refractivity contribution in [3.8, 4) is 0 Å². The maximum atomic E-state index is 3.47. The molecule has 0 aromatic rings. The Balaban J connectivity index is 1.71. The molecule has 1 saturated heterocycles. The summed E-state index contributed by atoms with van der Waals surface area (Å²) < 4.78 is 0. The maximum absolute atomic E-state index is 3.47. The molecule has 0 aliphatic carbocycles. The first kappa shape index (κ1) is 14.0. The predicted molar refractivity (Wildman–Crippen MR) is 71.6 cm³/mol. The zero-order valence-corrected chi connectivity index (χ0v) is 11.1. The highest BCUT2D eigenvalue weighted by Gasteiger charge is 2.11. The van der Waals surface area contributed by atoms with Gasteiger partial charge < -0.3 is 10.6 Å².